The van der Waals surface area contributed by atoms with Crippen molar-refractivity contribution >= 4 is 11.6 Å². The van der Waals surface area contributed by atoms with Gasteiger partial charge in [0.25, 0.3) is 0 Å². The number of carbonyl (C=O) groups excluding carboxylic acids is 1. The first-order valence-electron chi connectivity index (χ1n) is 6.26. The number of halogens is 2. The molecule has 1 saturated heterocycles. The van der Waals surface area contributed by atoms with Crippen LogP contribution in [0.3, 0.4) is 0 Å². The average Bonchev–Trinajstić information content (AvgIpc) is 2.36. The van der Waals surface area contributed by atoms with Gasteiger partial charge in [-0.1, -0.05) is 0 Å². The molecule has 1 aromatic carbocycles. The standard InChI is InChI=1S/C13H17F2N3O/c1-9-7-16-4-5-18(9)8-13(19)17-12-3-2-10(14)6-11(12)15/h2-3,6,9,16H,4-5,7-8H2,1H3,(H,17,19). The molecule has 19 heavy (non-hydrogen) atoms. The van der Waals surface area contributed by atoms with E-state index in [1.165, 1.54) is 6.07 Å². The molecule has 1 fully saturated rings. The fourth-order valence-corrected chi connectivity index (χ4v) is 2.08. The van der Waals surface area contributed by atoms with Crippen LogP contribution < -0.4 is 10.6 Å². The van der Waals surface area contributed by atoms with Crippen molar-refractivity contribution in [3.05, 3.63) is 29.8 Å². The molecule has 1 heterocycles. The number of amides is 1. The number of carbonyl (C=O) groups is 1. The quantitative estimate of drug-likeness (QED) is 0.866. The van der Waals surface area contributed by atoms with Crippen molar-refractivity contribution in [1.82, 2.24) is 10.2 Å². The van der Waals surface area contributed by atoms with Crippen LogP contribution in [0.1, 0.15) is 6.92 Å². The molecule has 0 bridgehead atoms. The SMILES string of the molecule is CC1CNCCN1CC(=O)Nc1ccc(F)cc1F. The second-order valence-corrected chi connectivity index (χ2v) is 4.70. The Bertz CT molecular complexity index is 467. The molecule has 4 nitrogen and oxygen atoms in total. The lowest BCUT2D eigenvalue weighted by Gasteiger charge is -2.33. The van der Waals surface area contributed by atoms with E-state index in [1.807, 2.05) is 11.8 Å². The number of nitrogens with one attached hydrogen (secondary N) is 2. The maximum absolute atomic E-state index is 13.4. The van der Waals surface area contributed by atoms with Crippen LogP contribution in [0.4, 0.5) is 14.5 Å². The van der Waals surface area contributed by atoms with Gasteiger partial charge in [-0.05, 0) is 19.1 Å². The minimum absolute atomic E-state index is 0.00851. The first kappa shape index (κ1) is 13.9. The Morgan fingerprint density at radius 3 is 3.00 bits per heavy atom. The summed E-state index contributed by atoms with van der Waals surface area (Å²) in [6.07, 6.45) is 0. The Morgan fingerprint density at radius 1 is 1.53 bits per heavy atom. The predicted molar refractivity (Wildman–Crippen MR) is 68.9 cm³/mol. The van der Waals surface area contributed by atoms with Gasteiger partial charge in [-0.15, -0.1) is 0 Å². The summed E-state index contributed by atoms with van der Waals surface area (Å²) >= 11 is 0. The van der Waals surface area contributed by atoms with Crippen LogP contribution in [-0.2, 0) is 4.79 Å². The molecule has 1 aromatic rings. The molecule has 104 valence electrons. The highest BCUT2D eigenvalue weighted by Crippen LogP contribution is 2.15. The van der Waals surface area contributed by atoms with Crippen molar-refractivity contribution in [3.8, 4) is 0 Å². The summed E-state index contributed by atoms with van der Waals surface area (Å²) in [5.41, 5.74) is 0.00851. The lowest BCUT2D eigenvalue weighted by molar-refractivity contribution is -0.118. The average molecular weight is 269 g/mol. The van der Waals surface area contributed by atoms with E-state index < -0.39 is 11.6 Å². The number of hydrogen-bond donors (Lipinski definition) is 2. The van der Waals surface area contributed by atoms with Gasteiger partial charge in [0.15, 0.2) is 0 Å². The molecule has 1 unspecified atom stereocenters. The number of rotatable bonds is 3. The van der Waals surface area contributed by atoms with E-state index >= 15 is 0 Å². The van der Waals surface area contributed by atoms with Crippen LogP contribution in [-0.4, -0.2) is 43.0 Å². The first-order valence-corrected chi connectivity index (χ1v) is 6.26. The van der Waals surface area contributed by atoms with Crippen LogP contribution in [0.2, 0.25) is 0 Å². The van der Waals surface area contributed by atoms with Gasteiger partial charge in [0, 0.05) is 31.7 Å². The summed E-state index contributed by atoms with van der Waals surface area (Å²) in [4.78, 5) is 13.9. The van der Waals surface area contributed by atoms with E-state index in [-0.39, 0.29) is 24.2 Å². The van der Waals surface area contributed by atoms with Crippen LogP contribution in [0.5, 0.6) is 0 Å². The van der Waals surface area contributed by atoms with E-state index in [0.717, 1.165) is 31.8 Å². The normalized spacial score (nSPS) is 20.3. The predicted octanol–water partition coefficient (Wildman–Crippen LogP) is 1.20. The van der Waals surface area contributed by atoms with Crippen molar-refractivity contribution in [2.24, 2.45) is 0 Å². The topological polar surface area (TPSA) is 44.4 Å². The molecule has 1 aliphatic rings. The highest BCUT2D eigenvalue weighted by atomic mass is 19.1. The monoisotopic (exact) mass is 269 g/mol. The van der Waals surface area contributed by atoms with E-state index in [9.17, 15) is 13.6 Å². The number of anilines is 1. The third-order valence-corrected chi connectivity index (χ3v) is 3.19. The number of benzene rings is 1. The van der Waals surface area contributed by atoms with Crippen molar-refractivity contribution in [3.63, 3.8) is 0 Å². The third kappa shape index (κ3) is 3.71. The van der Waals surface area contributed by atoms with Crippen LogP contribution in [0.15, 0.2) is 18.2 Å². The van der Waals surface area contributed by atoms with Crippen LogP contribution in [0, 0.1) is 11.6 Å². The van der Waals surface area contributed by atoms with Crippen LogP contribution >= 0.6 is 0 Å². The second-order valence-electron chi connectivity index (χ2n) is 4.70. The minimum atomic E-state index is -0.762. The third-order valence-electron chi connectivity index (χ3n) is 3.19. The van der Waals surface area contributed by atoms with Crippen molar-refractivity contribution in [1.29, 1.82) is 0 Å². The molecule has 1 aliphatic heterocycles. The van der Waals surface area contributed by atoms with Crippen molar-refractivity contribution < 1.29 is 13.6 Å². The van der Waals surface area contributed by atoms with Gasteiger partial charge >= 0.3 is 0 Å². The Hall–Kier alpha value is -1.53. The highest BCUT2D eigenvalue weighted by molar-refractivity contribution is 5.92. The molecule has 0 aliphatic carbocycles. The molecule has 0 radical (unpaired) electrons. The summed E-state index contributed by atoms with van der Waals surface area (Å²) in [5, 5.41) is 5.69. The molecule has 0 saturated carbocycles. The van der Waals surface area contributed by atoms with E-state index in [2.05, 4.69) is 10.6 Å². The number of nitrogens with zero attached hydrogens (tertiary/aromatic N) is 1. The number of hydrogen-bond acceptors (Lipinski definition) is 3. The largest absolute Gasteiger partial charge is 0.322 e. The maximum Gasteiger partial charge on any atom is 0.238 e. The number of piperazine rings is 1. The molecule has 0 aromatic heterocycles. The summed E-state index contributed by atoms with van der Waals surface area (Å²) in [5.74, 6) is -1.72. The van der Waals surface area contributed by atoms with Gasteiger partial charge in [0.05, 0.1) is 12.2 Å². The van der Waals surface area contributed by atoms with Gasteiger partial charge in [0.1, 0.15) is 11.6 Å². The zero-order valence-corrected chi connectivity index (χ0v) is 10.7. The van der Waals surface area contributed by atoms with Crippen molar-refractivity contribution in [2.75, 3.05) is 31.5 Å². The Labute approximate surface area is 110 Å². The molecule has 0 spiro atoms. The van der Waals surface area contributed by atoms with Gasteiger partial charge < -0.3 is 10.6 Å². The van der Waals surface area contributed by atoms with Gasteiger partial charge in [-0.3, -0.25) is 9.69 Å². The Morgan fingerprint density at radius 2 is 2.32 bits per heavy atom. The highest BCUT2D eigenvalue weighted by Gasteiger charge is 2.20. The summed E-state index contributed by atoms with van der Waals surface area (Å²) in [6, 6.07) is 3.36. The lowest BCUT2D eigenvalue weighted by Crippen LogP contribution is -2.52. The summed E-state index contributed by atoms with van der Waals surface area (Å²) in [7, 11) is 0. The van der Waals surface area contributed by atoms with E-state index in [4.69, 9.17) is 0 Å². The van der Waals surface area contributed by atoms with Crippen LogP contribution in [0.25, 0.3) is 0 Å². The van der Waals surface area contributed by atoms with Crippen molar-refractivity contribution in [2.45, 2.75) is 13.0 Å². The zero-order valence-electron chi connectivity index (χ0n) is 10.7. The fraction of sp³-hybridized carbons (Fsp3) is 0.462. The summed E-state index contributed by atoms with van der Waals surface area (Å²) < 4.78 is 26.1. The molecular weight excluding hydrogens is 252 g/mol. The van der Waals surface area contributed by atoms with Gasteiger partial charge in [-0.25, -0.2) is 8.78 Å². The lowest BCUT2D eigenvalue weighted by atomic mass is 10.2. The van der Waals surface area contributed by atoms with E-state index in [0.29, 0.717) is 0 Å². The Balaban J connectivity index is 1.93. The minimum Gasteiger partial charge on any atom is -0.322 e. The van der Waals surface area contributed by atoms with Gasteiger partial charge in [-0.2, -0.15) is 0 Å². The maximum atomic E-state index is 13.4. The smallest absolute Gasteiger partial charge is 0.238 e. The molecule has 2 rings (SSSR count). The molecule has 2 N–H and O–H groups in total. The zero-order chi connectivity index (χ0) is 13.8. The van der Waals surface area contributed by atoms with Gasteiger partial charge in [0.2, 0.25) is 5.91 Å². The fourth-order valence-electron chi connectivity index (χ4n) is 2.08. The first-order chi connectivity index (χ1) is 9.06. The molecule has 1 atom stereocenters. The molecule has 6 heteroatoms. The second kappa shape index (κ2) is 6.08. The van der Waals surface area contributed by atoms with E-state index in [1.54, 1.807) is 0 Å². The molecular formula is C13H17F2N3O. The summed E-state index contributed by atoms with van der Waals surface area (Å²) in [6.45, 7) is 4.68. The Kier molecular flexibility index (Phi) is 4.44. The molecule has 1 amide bonds.